The standard InChI is InChI=1S/2CH3.2Hg.H2O/h2*1H3;;;1H2/p+1. The molecule has 0 bridgehead atoms. The van der Waals surface area contributed by atoms with Crippen LogP contribution in [-0.2, 0) is 57.7 Å². The summed E-state index contributed by atoms with van der Waals surface area (Å²) in [5.41, 5.74) is 0. The average molecular weight is 450 g/mol. The van der Waals surface area contributed by atoms with Gasteiger partial charge in [-0.1, -0.05) is 0 Å². The summed E-state index contributed by atoms with van der Waals surface area (Å²) in [5, 5.41) is 0. The van der Waals surface area contributed by atoms with Gasteiger partial charge in [-0.05, 0) is 0 Å². The van der Waals surface area contributed by atoms with Crippen molar-refractivity contribution < 1.29 is 57.7 Å². The van der Waals surface area contributed by atoms with Crippen LogP contribution >= 0.6 is 0 Å². The first kappa shape index (κ1) is 15.8. The van der Waals surface area contributed by atoms with Gasteiger partial charge in [0, 0.05) is 0 Å². The maximum absolute atomic E-state index is 2.19. The Morgan fingerprint density at radius 2 is 0.800 bits per heavy atom. The SMILES string of the molecule is [CH3][Hg].[CH3][Hg].[OH3+]. The largest absolute Gasteiger partial charge is 0.457 e. The van der Waals surface area contributed by atoms with Crippen LogP contribution in [0.4, 0.5) is 0 Å². The van der Waals surface area contributed by atoms with Crippen LogP contribution in [-0.4, -0.2) is 0 Å². The van der Waals surface area contributed by atoms with E-state index in [1.807, 2.05) is 0 Å². The van der Waals surface area contributed by atoms with E-state index in [-0.39, 0.29) is 5.48 Å². The van der Waals surface area contributed by atoms with Crippen LogP contribution in [0.2, 0.25) is 8.86 Å². The second-order valence-corrected chi connectivity index (χ2v) is 0. The van der Waals surface area contributed by atoms with E-state index in [2.05, 4.69) is 8.86 Å². The summed E-state index contributed by atoms with van der Waals surface area (Å²) >= 11 is 2.06. The Morgan fingerprint density at radius 3 is 0.800 bits per heavy atom. The van der Waals surface area contributed by atoms with Gasteiger partial charge in [-0.15, -0.1) is 0 Å². The van der Waals surface area contributed by atoms with E-state index in [1.165, 1.54) is 0 Å². The van der Waals surface area contributed by atoms with Gasteiger partial charge in [0.2, 0.25) is 0 Å². The van der Waals surface area contributed by atoms with Gasteiger partial charge in [-0.25, -0.2) is 0 Å². The molecule has 0 aliphatic rings. The zero-order valence-corrected chi connectivity index (χ0v) is 15.0. The fraction of sp³-hybridized carbons (Fsp3) is 1.00. The molecule has 0 aromatic rings. The smallest absolute Gasteiger partial charge is 0.457 e. The maximum Gasteiger partial charge on any atom is -0.457 e. The Bertz CT molecular complexity index is 7.61. The third-order valence-corrected chi connectivity index (χ3v) is 0. The molecule has 0 saturated carbocycles. The molecule has 0 aliphatic heterocycles. The average Bonchev–Trinajstić information content (AvgIpc) is 1.50. The molecular formula is C2H9Hg2O+. The van der Waals surface area contributed by atoms with E-state index in [0.717, 1.165) is 52.2 Å². The summed E-state index contributed by atoms with van der Waals surface area (Å²) in [7, 11) is 0. The van der Waals surface area contributed by atoms with E-state index in [1.54, 1.807) is 0 Å². The first-order chi connectivity index (χ1) is 2.00. The van der Waals surface area contributed by atoms with Crippen molar-refractivity contribution in [1.29, 1.82) is 0 Å². The summed E-state index contributed by atoms with van der Waals surface area (Å²) in [5.74, 6) is 0. The van der Waals surface area contributed by atoms with Crippen molar-refractivity contribution in [2.45, 2.75) is 8.86 Å². The normalized spacial score (nSPS) is 2.80. The second-order valence-electron chi connectivity index (χ2n) is 0. The summed E-state index contributed by atoms with van der Waals surface area (Å²) in [6.07, 6.45) is 0. The molecule has 26 valence electrons. The zero-order valence-electron chi connectivity index (χ0n) is 3.99. The Morgan fingerprint density at radius 1 is 0.800 bits per heavy atom. The van der Waals surface area contributed by atoms with E-state index in [0.29, 0.717) is 0 Å². The van der Waals surface area contributed by atoms with Gasteiger partial charge < -0.3 is 5.48 Å². The summed E-state index contributed by atoms with van der Waals surface area (Å²) in [4.78, 5) is 0. The van der Waals surface area contributed by atoms with Crippen molar-refractivity contribution >= 4 is 0 Å². The van der Waals surface area contributed by atoms with Crippen LogP contribution in [0.25, 0.3) is 0 Å². The van der Waals surface area contributed by atoms with Gasteiger partial charge in [0.25, 0.3) is 0 Å². The summed E-state index contributed by atoms with van der Waals surface area (Å²) in [6.45, 7) is 0. The van der Waals surface area contributed by atoms with Gasteiger partial charge in [-0.3, -0.25) is 0 Å². The van der Waals surface area contributed by atoms with Crippen molar-refractivity contribution in [1.82, 2.24) is 0 Å². The molecule has 3 N–H and O–H groups in total. The quantitative estimate of drug-likeness (QED) is 0.375. The predicted molar refractivity (Wildman–Crippen MR) is 16.6 cm³/mol. The molecule has 0 unspecified atom stereocenters. The monoisotopic (exact) mass is 453 g/mol. The summed E-state index contributed by atoms with van der Waals surface area (Å²) in [6, 6.07) is 0. The van der Waals surface area contributed by atoms with Crippen molar-refractivity contribution in [3.63, 3.8) is 0 Å². The van der Waals surface area contributed by atoms with Crippen molar-refractivity contribution in [2.75, 3.05) is 0 Å². The van der Waals surface area contributed by atoms with Crippen LogP contribution < -0.4 is 0 Å². The molecule has 0 atom stereocenters. The van der Waals surface area contributed by atoms with E-state index < -0.39 is 0 Å². The Hall–Kier alpha value is 1.83. The minimum Gasteiger partial charge on any atom is -0.457 e. The molecule has 0 aromatic carbocycles. The molecule has 0 aromatic heterocycles. The number of hydrogen-bond acceptors (Lipinski definition) is 0. The topological polar surface area (TPSA) is 33.0 Å². The van der Waals surface area contributed by atoms with E-state index in [9.17, 15) is 0 Å². The van der Waals surface area contributed by atoms with Crippen LogP contribution in [0.5, 0.6) is 0 Å². The first-order valence-electron chi connectivity index (χ1n) is 1.41. The molecule has 0 rings (SSSR count). The Labute approximate surface area is 65.8 Å². The molecule has 0 amide bonds. The maximum atomic E-state index is 2.19. The zero-order chi connectivity index (χ0) is 4.00. The van der Waals surface area contributed by atoms with Crippen molar-refractivity contribution in [3.05, 3.63) is 0 Å². The molecule has 0 spiro atoms. The van der Waals surface area contributed by atoms with Gasteiger partial charge in [-0.2, -0.15) is 0 Å². The summed E-state index contributed by atoms with van der Waals surface area (Å²) < 4.78 is 4.39. The molecule has 5 heavy (non-hydrogen) atoms. The van der Waals surface area contributed by atoms with Crippen LogP contribution in [0.1, 0.15) is 0 Å². The minimum atomic E-state index is 0. The Balaban J connectivity index is -0.0000000133. The third-order valence-electron chi connectivity index (χ3n) is 0. The molecular weight excluding hydrogens is 441 g/mol. The van der Waals surface area contributed by atoms with Gasteiger partial charge in [0.1, 0.15) is 0 Å². The molecule has 0 radical (unpaired) electrons. The van der Waals surface area contributed by atoms with Crippen LogP contribution in [0.3, 0.4) is 0 Å². The van der Waals surface area contributed by atoms with Gasteiger partial charge >= 0.3 is 61.1 Å². The third kappa shape index (κ3) is 25.5. The van der Waals surface area contributed by atoms with E-state index in [4.69, 9.17) is 0 Å². The van der Waals surface area contributed by atoms with Gasteiger partial charge in [0.15, 0.2) is 0 Å². The number of rotatable bonds is 0. The first-order valence-corrected chi connectivity index (χ1v) is 12.4. The van der Waals surface area contributed by atoms with Gasteiger partial charge in [0.05, 0.1) is 0 Å². The fourth-order valence-corrected chi connectivity index (χ4v) is 0. The van der Waals surface area contributed by atoms with Crippen LogP contribution in [0.15, 0.2) is 0 Å². The molecule has 0 fully saturated rings. The predicted octanol–water partition coefficient (Wildman–Crippen LogP) is 0.241. The van der Waals surface area contributed by atoms with Crippen LogP contribution in [0, 0.1) is 0 Å². The molecule has 3 heteroatoms. The Kier molecular flexibility index (Phi) is 129. The molecule has 1 nitrogen and oxygen atoms in total. The second kappa shape index (κ2) is 40.6. The molecule has 0 saturated heterocycles. The minimum absolute atomic E-state index is 0. The van der Waals surface area contributed by atoms with E-state index >= 15 is 0 Å². The molecule has 0 aliphatic carbocycles. The van der Waals surface area contributed by atoms with Crippen molar-refractivity contribution in [2.24, 2.45) is 0 Å². The fourth-order valence-electron chi connectivity index (χ4n) is 0. The van der Waals surface area contributed by atoms with Crippen molar-refractivity contribution in [3.8, 4) is 0 Å². The molecule has 0 heterocycles. The number of hydrogen-bond donors (Lipinski definition) is 0.